The molecule has 0 aliphatic carbocycles. The smallest absolute Gasteiger partial charge is 0.124 e. The van der Waals surface area contributed by atoms with E-state index in [1.165, 1.54) is 0 Å². The van der Waals surface area contributed by atoms with Crippen molar-refractivity contribution in [1.29, 1.82) is 0 Å². The number of aromatic nitrogens is 1. The zero-order chi connectivity index (χ0) is 14.1. The van der Waals surface area contributed by atoms with Crippen molar-refractivity contribution in [2.45, 2.75) is 6.42 Å². The van der Waals surface area contributed by atoms with Gasteiger partial charge in [0, 0.05) is 40.1 Å². The molecule has 2 N–H and O–H groups in total. The Bertz CT molecular complexity index is 401. The van der Waals surface area contributed by atoms with Crippen molar-refractivity contribution in [3.63, 3.8) is 0 Å². The Hall–Kier alpha value is -1.24. The highest BCUT2D eigenvalue weighted by molar-refractivity contribution is 7.80. The van der Waals surface area contributed by atoms with Gasteiger partial charge < -0.3 is 20.1 Å². The van der Waals surface area contributed by atoms with Gasteiger partial charge in [-0.25, -0.2) is 0 Å². The van der Waals surface area contributed by atoms with Crippen LogP contribution < -0.4 is 10.6 Å². The van der Waals surface area contributed by atoms with Gasteiger partial charge in [0.25, 0.3) is 0 Å². The first-order valence-corrected chi connectivity index (χ1v) is 6.59. The van der Waals surface area contributed by atoms with E-state index in [9.17, 15) is 0 Å². The lowest BCUT2D eigenvalue weighted by atomic mass is 10.2. The van der Waals surface area contributed by atoms with E-state index in [0.717, 1.165) is 25.2 Å². The first-order valence-electron chi connectivity index (χ1n) is 6.18. The zero-order valence-electron chi connectivity index (χ0n) is 11.5. The lowest BCUT2D eigenvalue weighted by Gasteiger charge is -2.26. The number of thiocarbonyl (C=S) groups is 1. The predicted molar refractivity (Wildman–Crippen MR) is 80.7 cm³/mol. The summed E-state index contributed by atoms with van der Waals surface area (Å²) in [6, 6.07) is 3.86. The Balaban J connectivity index is 2.85. The number of nitrogens with zero attached hydrogens (tertiary/aromatic N) is 2. The van der Waals surface area contributed by atoms with Crippen LogP contribution in [0, 0.1) is 0 Å². The Labute approximate surface area is 119 Å². The zero-order valence-corrected chi connectivity index (χ0v) is 12.3. The minimum absolute atomic E-state index is 0.310. The minimum Gasteiger partial charge on any atom is -0.388 e. The van der Waals surface area contributed by atoms with Gasteiger partial charge >= 0.3 is 0 Å². The molecule has 19 heavy (non-hydrogen) atoms. The van der Waals surface area contributed by atoms with Gasteiger partial charge in [0.15, 0.2) is 0 Å². The summed E-state index contributed by atoms with van der Waals surface area (Å²) in [6.07, 6.45) is 2.62. The molecule has 0 fully saturated rings. The number of rotatable bonds is 9. The summed E-state index contributed by atoms with van der Waals surface area (Å²) >= 11 is 5.05. The molecule has 1 aromatic rings. The maximum atomic E-state index is 5.72. The van der Waals surface area contributed by atoms with Crippen molar-refractivity contribution in [2.24, 2.45) is 5.73 Å². The average Bonchev–Trinajstić information content (AvgIpc) is 2.42. The predicted octanol–water partition coefficient (Wildman–Crippen LogP) is 1.21. The molecule has 0 amide bonds. The SMILES string of the molecule is COCCCN(CCOC)c1cccnc1C(N)=S. The summed E-state index contributed by atoms with van der Waals surface area (Å²) < 4.78 is 10.2. The normalized spacial score (nSPS) is 10.4. The molecule has 1 rings (SSSR count). The van der Waals surface area contributed by atoms with E-state index in [-0.39, 0.29) is 0 Å². The van der Waals surface area contributed by atoms with Crippen molar-refractivity contribution in [3.8, 4) is 0 Å². The third-order valence-corrected chi connectivity index (χ3v) is 2.90. The van der Waals surface area contributed by atoms with Crippen molar-refractivity contribution in [1.82, 2.24) is 4.98 Å². The van der Waals surface area contributed by atoms with Crippen LogP contribution in [-0.4, -0.2) is 50.5 Å². The lowest BCUT2D eigenvalue weighted by Crippen LogP contribution is -2.31. The fraction of sp³-hybridized carbons (Fsp3) is 0.538. The third kappa shape index (κ3) is 5.10. The molecule has 0 aromatic carbocycles. The number of anilines is 1. The van der Waals surface area contributed by atoms with Gasteiger partial charge in [-0.3, -0.25) is 4.98 Å². The standard InChI is InChI=1S/C13H21N3O2S/c1-17-9-4-7-16(8-10-18-2)11-5-3-6-15-12(11)13(14)19/h3,5-6H,4,7-10H2,1-2H3,(H2,14,19). The van der Waals surface area contributed by atoms with Crippen LogP contribution >= 0.6 is 12.2 Å². The maximum Gasteiger partial charge on any atom is 0.124 e. The molecule has 0 unspecified atom stereocenters. The van der Waals surface area contributed by atoms with Crippen molar-refractivity contribution < 1.29 is 9.47 Å². The molecule has 1 heterocycles. The van der Waals surface area contributed by atoms with Crippen molar-refractivity contribution >= 4 is 22.9 Å². The van der Waals surface area contributed by atoms with Gasteiger partial charge in [-0.15, -0.1) is 0 Å². The van der Waals surface area contributed by atoms with E-state index >= 15 is 0 Å². The summed E-state index contributed by atoms with van der Waals surface area (Å²) in [5, 5.41) is 0. The third-order valence-electron chi connectivity index (χ3n) is 2.70. The molecule has 106 valence electrons. The van der Waals surface area contributed by atoms with Crippen LogP contribution in [0.15, 0.2) is 18.3 Å². The van der Waals surface area contributed by atoms with E-state index < -0.39 is 0 Å². The molecular formula is C13H21N3O2S. The van der Waals surface area contributed by atoms with Crippen LogP contribution in [0.4, 0.5) is 5.69 Å². The second kappa shape index (κ2) is 8.79. The molecule has 5 nitrogen and oxygen atoms in total. The fourth-order valence-corrected chi connectivity index (χ4v) is 1.95. The molecule has 1 aromatic heterocycles. The quantitative estimate of drug-likeness (QED) is 0.543. The molecule has 0 saturated heterocycles. The average molecular weight is 283 g/mol. The highest BCUT2D eigenvalue weighted by Crippen LogP contribution is 2.18. The van der Waals surface area contributed by atoms with Crippen LogP contribution in [0.3, 0.4) is 0 Å². The van der Waals surface area contributed by atoms with Crippen LogP contribution in [0.2, 0.25) is 0 Å². The van der Waals surface area contributed by atoms with E-state index in [2.05, 4.69) is 9.88 Å². The van der Waals surface area contributed by atoms with Gasteiger partial charge in [-0.2, -0.15) is 0 Å². The number of nitrogens with two attached hydrogens (primary N) is 1. The Morgan fingerprint density at radius 2 is 2.05 bits per heavy atom. The highest BCUT2D eigenvalue weighted by atomic mass is 32.1. The molecule has 0 spiro atoms. The van der Waals surface area contributed by atoms with Crippen molar-refractivity contribution in [3.05, 3.63) is 24.0 Å². The van der Waals surface area contributed by atoms with Crippen LogP contribution in [0.25, 0.3) is 0 Å². The number of hydrogen-bond acceptors (Lipinski definition) is 5. The molecule has 0 bridgehead atoms. The summed E-state index contributed by atoms with van der Waals surface area (Å²) in [4.78, 5) is 6.74. The Morgan fingerprint density at radius 1 is 1.32 bits per heavy atom. The second-order valence-corrected chi connectivity index (χ2v) is 4.50. The van der Waals surface area contributed by atoms with E-state index in [1.807, 2.05) is 12.1 Å². The van der Waals surface area contributed by atoms with E-state index in [0.29, 0.717) is 23.9 Å². The monoisotopic (exact) mass is 283 g/mol. The largest absolute Gasteiger partial charge is 0.388 e. The first-order chi connectivity index (χ1) is 9.20. The number of hydrogen-bond donors (Lipinski definition) is 1. The van der Waals surface area contributed by atoms with Crippen LogP contribution in [-0.2, 0) is 9.47 Å². The van der Waals surface area contributed by atoms with Crippen LogP contribution in [0.5, 0.6) is 0 Å². The minimum atomic E-state index is 0.310. The van der Waals surface area contributed by atoms with Crippen LogP contribution in [0.1, 0.15) is 12.1 Å². The molecule has 0 aliphatic heterocycles. The number of pyridine rings is 1. The molecule has 0 saturated carbocycles. The van der Waals surface area contributed by atoms with Gasteiger partial charge in [-0.05, 0) is 18.6 Å². The fourth-order valence-electron chi connectivity index (χ4n) is 1.80. The molecular weight excluding hydrogens is 262 g/mol. The van der Waals surface area contributed by atoms with Gasteiger partial charge in [-0.1, -0.05) is 12.2 Å². The van der Waals surface area contributed by atoms with Gasteiger partial charge in [0.2, 0.25) is 0 Å². The molecule has 0 aliphatic rings. The molecule has 0 atom stereocenters. The summed E-state index contributed by atoms with van der Waals surface area (Å²) in [7, 11) is 3.38. The van der Waals surface area contributed by atoms with Crippen molar-refractivity contribution in [2.75, 3.05) is 45.4 Å². The molecule has 0 radical (unpaired) electrons. The van der Waals surface area contributed by atoms with E-state index in [1.54, 1.807) is 20.4 Å². The first kappa shape index (κ1) is 15.8. The van der Waals surface area contributed by atoms with Gasteiger partial charge in [0.05, 0.1) is 12.3 Å². The maximum absolute atomic E-state index is 5.72. The van der Waals surface area contributed by atoms with E-state index in [4.69, 9.17) is 27.4 Å². The topological polar surface area (TPSA) is 60.6 Å². The lowest BCUT2D eigenvalue weighted by molar-refractivity contribution is 0.191. The second-order valence-electron chi connectivity index (χ2n) is 4.06. The Kier molecular flexibility index (Phi) is 7.32. The highest BCUT2D eigenvalue weighted by Gasteiger charge is 2.13. The number of methoxy groups -OCH3 is 2. The summed E-state index contributed by atoms with van der Waals surface area (Å²) in [6.45, 7) is 2.96. The summed E-state index contributed by atoms with van der Waals surface area (Å²) in [5.41, 5.74) is 7.33. The van der Waals surface area contributed by atoms with Gasteiger partial charge in [0.1, 0.15) is 10.7 Å². The Morgan fingerprint density at radius 3 is 2.68 bits per heavy atom. The summed E-state index contributed by atoms with van der Waals surface area (Å²) in [5.74, 6) is 0. The number of ether oxygens (including phenoxy) is 2. The molecule has 6 heteroatoms.